The average molecular weight is 548 g/mol. The van der Waals surface area contributed by atoms with Crippen LogP contribution in [0.5, 0.6) is 0 Å². The first-order chi connectivity index (χ1) is 19.7. The first-order valence-corrected chi connectivity index (χ1v) is 13.3. The Balaban J connectivity index is 1.27. The Kier molecular flexibility index (Phi) is 7.65. The predicted octanol–water partition coefficient (Wildman–Crippen LogP) is 7.02. The zero-order chi connectivity index (χ0) is 29.1. The Morgan fingerprint density at radius 2 is 1.63 bits per heavy atom. The summed E-state index contributed by atoms with van der Waals surface area (Å²) >= 11 is 0. The second-order valence-corrected chi connectivity index (χ2v) is 9.99. The van der Waals surface area contributed by atoms with E-state index in [4.69, 9.17) is 0 Å². The molecule has 8 heteroatoms. The number of aryl methyl sites for hydroxylation is 1. The van der Waals surface area contributed by atoms with Crippen LogP contribution in [0, 0.1) is 10.1 Å². The summed E-state index contributed by atoms with van der Waals surface area (Å²) in [5.41, 5.74) is 6.61. The molecule has 0 aliphatic rings. The lowest BCUT2D eigenvalue weighted by Gasteiger charge is -2.14. The second kappa shape index (κ2) is 11.5. The fourth-order valence-electron chi connectivity index (χ4n) is 5.00. The van der Waals surface area contributed by atoms with Gasteiger partial charge in [-0.3, -0.25) is 14.9 Å². The first kappa shape index (κ1) is 27.3. The number of non-ortho nitro benzene ring substituents is 1. The largest absolute Gasteiger partial charge is 0.478 e. The molecule has 1 heterocycles. The summed E-state index contributed by atoms with van der Waals surface area (Å²) in [6.07, 6.45) is 2.65. The van der Waals surface area contributed by atoms with Crippen LogP contribution >= 0.6 is 0 Å². The number of fused-ring (bicyclic) bond motifs is 1. The van der Waals surface area contributed by atoms with Crippen LogP contribution in [0.1, 0.15) is 57.3 Å². The Bertz CT molecular complexity index is 1750. The Hall–Kier alpha value is -5.24. The minimum absolute atomic E-state index is 0.0102. The number of rotatable bonds is 9. The highest BCUT2D eigenvalue weighted by molar-refractivity contribution is 5.98. The van der Waals surface area contributed by atoms with Crippen molar-refractivity contribution in [1.29, 1.82) is 0 Å². The van der Waals surface area contributed by atoms with Gasteiger partial charge in [0.25, 0.3) is 11.6 Å². The van der Waals surface area contributed by atoms with E-state index in [0.717, 1.165) is 38.7 Å². The molecule has 5 rings (SSSR count). The number of nitrogens with zero attached hydrogens (tertiary/aromatic N) is 2. The van der Waals surface area contributed by atoms with Crippen LogP contribution in [-0.4, -0.2) is 26.5 Å². The van der Waals surface area contributed by atoms with Crippen molar-refractivity contribution in [2.75, 3.05) is 0 Å². The van der Waals surface area contributed by atoms with E-state index < -0.39 is 10.9 Å². The number of nitro benzene ring substituents is 1. The number of benzene rings is 4. The molecule has 206 valence electrons. The van der Waals surface area contributed by atoms with Crippen molar-refractivity contribution in [1.82, 2.24) is 9.88 Å². The van der Waals surface area contributed by atoms with Gasteiger partial charge in [0.1, 0.15) is 0 Å². The molecule has 0 saturated heterocycles. The molecular formula is C33H29N3O5. The molecule has 0 unspecified atom stereocenters. The molecule has 0 spiro atoms. The lowest BCUT2D eigenvalue weighted by molar-refractivity contribution is -0.384. The number of carboxylic acids is 1. The molecule has 0 saturated carbocycles. The molecule has 4 aromatic carbocycles. The van der Waals surface area contributed by atoms with Crippen LogP contribution in [0.3, 0.4) is 0 Å². The number of aromatic nitrogens is 1. The highest BCUT2D eigenvalue weighted by Gasteiger charge is 2.15. The zero-order valence-electron chi connectivity index (χ0n) is 22.7. The van der Waals surface area contributed by atoms with Gasteiger partial charge in [-0.15, -0.1) is 0 Å². The van der Waals surface area contributed by atoms with Gasteiger partial charge in [-0.25, -0.2) is 4.79 Å². The van der Waals surface area contributed by atoms with E-state index >= 15 is 0 Å². The van der Waals surface area contributed by atoms with Crippen molar-refractivity contribution in [2.45, 2.75) is 32.9 Å². The summed E-state index contributed by atoms with van der Waals surface area (Å²) in [6.45, 7) is 4.45. The maximum absolute atomic E-state index is 12.9. The molecule has 0 aliphatic heterocycles. The average Bonchev–Trinajstić information content (AvgIpc) is 3.38. The summed E-state index contributed by atoms with van der Waals surface area (Å²) in [5.74, 6) is -1.13. The number of carbonyl (C=O) groups is 2. The second-order valence-electron chi connectivity index (χ2n) is 9.99. The van der Waals surface area contributed by atoms with Gasteiger partial charge in [0, 0.05) is 41.3 Å². The molecule has 0 bridgehead atoms. The zero-order valence-corrected chi connectivity index (χ0v) is 22.7. The topological polar surface area (TPSA) is 114 Å². The Morgan fingerprint density at radius 3 is 2.29 bits per heavy atom. The van der Waals surface area contributed by atoms with Crippen LogP contribution < -0.4 is 5.32 Å². The number of hydrogen-bond donors (Lipinski definition) is 2. The van der Waals surface area contributed by atoms with Crippen molar-refractivity contribution in [2.24, 2.45) is 0 Å². The van der Waals surface area contributed by atoms with Gasteiger partial charge in [-0.1, -0.05) is 55.5 Å². The van der Waals surface area contributed by atoms with Crippen LogP contribution in [0.25, 0.3) is 22.0 Å². The SMILES string of the molecule is CCc1cc(-c2ccc(Cn3ccc4cc(C(=O)N[C@H](C)c5ccc([N+](=O)[O-])cc5)ccc43)cc2)ccc1C(=O)O. The molecule has 5 aromatic rings. The highest BCUT2D eigenvalue weighted by Crippen LogP contribution is 2.25. The monoisotopic (exact) mass is 547 g/mol. The van der Waals surface area contributed by atoms with Gasteiger partial charge in [0.15, 0.2) is 0 Å². The van der Waals surface area contributed by atoms with Gasteiger partial charge < -0.3 is 15.0 Å². The molecule has 0 radical (unpaired) electrons. The summed E-state index contributed by atoms with van der Waals surface area (Å²) < 4.78 is 2.13. The number of nitro groups is 1. The van der Waals surface area contributed by atoms with Crippen LogP contribution in [0.4, 0.5) is 5.69 Å². The van der Waals surface area contributed by atoms with E-state index in [9.17, 15) is 24.8 Å². The van der Waals surface area contributed by atoms with E-state index in [0.29, 0.717) is 24.1 Å². The Morgan fingerprint density at radius 1 is 0.927 bits per heavy atom. The van der Waals surface area contributed by atoms with Crippen molar-refractivity contribution in [3.8, 4) is 11.1 Å². The normalized spacial score (nSPS) is 11.8. The molecule has 2 N–H and O–H groups in total. The molecule has 1 amide bonds. The molecule has 8 nitrogen and oxygen atoms in total. The summed E-state index contributed by atoms with van der Waals surface area (Å²) in [6, 6.07) is 27.1. The molecule has 0 fully saturated rings. The minimum Gasteiger partial charge on any atom is -0.478 e. The number of amides is 1. The summed E-state index contributed by atoms with van der Waals surface area (Å²) in [7, 11) is 0. The maximum Gasteiger partial charge on any atom is 0.335 e. The lowest BCUT2D eigenvalue weighted by atomic mass is 9.97. The summed E-state index contributed by atoms with van der Waals surface area (Å²) in [5, 5.41) is 24.2. The molecule has 0 aliphatic carbocycles. The molecular weight excluding hydrogens is 518 g/mol. The van der Waals surface area contributed by atoms with Gasteiger partial charge in [-0.2, -0.15) is 0 Å². The van der Waals surface area contributed by atoms with E-state index in [1.54, 1.807) is 24.3 Å². The summed E-state index contributed by atoms with van der Waals surface area (Å²) in [4.78, 5) is 34.8. The van der Waals surface area contributed by atoms with E-state index in [1.165, 1.54) is 12.1 Å². The molecule has 41 heavy (non-hydrogen) atoms. The van der Waals surface area contributed by atoms with Crippen molar-refractivity contribution in [3.05, 3.63) is 135 Å². The third kappa shape index (κ3) is 5.86. The fourth-order valence-corrected chi connectivity index (χ4v) is 5.00. The number of nitrogens with one attached hydrogen (secondary N) is 1. The van der Waals surface area contributed by atoms with E-state index in [1.807, 2.05) is 62.5 Å². The fraction of sp³-hybridized carbons (Fsp3) is 0.152. The standard InChI is InChI=1S/C33H29N3O5/c1-3-23-18-26(10-14-30(23)33(38)39)25-6-4-22(5-7-25)20-35-17-16-27-19-28(11-15-31(27)35)32(37)34-21(2)24-8-12-29(13-9-24)36(40)41/h4-19,21H,3,20H2,1-2H3,(H,34,37)(H,38,39)/t21-/m1/s1. The van der Waals surface area contributed by atoms with Gasteiger partial charge in [0.2, 0.25) is 0 Å². The van der Waals surface area contributed by atoms with Gasteiger partial charge in [-0.05, 0) is 71.5 Å². The quantitative estimate of drug-likeness (QED) is 0.152. The van der Waals surface area contributed by atoms with Gasteiger partial charge in [0.05, 0.1) is 16.5 Å². The number of carboxylic acid groups (broad SMARTS) is 1. The van der Waals surface area contributed by atoms with Crippen LogP contribution in [0.15, 0.2) is 97.2 Å². The van der Waals surface area contributed by atoms with E-state index in [-0.39, 0.29) is 17.6 Å². The van der Waals surface area contributed by atoms with Crippen LogP contribution in [-0.2, 0) is 13.0 Å². The van der Waals surface area contributed by atoms with Crippen LogP contribution in [0.2, 0.25) is 0 Å². The van der Waals surface area contributed by atoms with E-state index in [2.05, 4.69) is 22.0 Å². The molecule has 1 aromatic heterocycles. The molecule has 1 atom stereocenters. The number of carbonyl (C=O) groups excluding carboxylic acids is 1. The number of aromatic carboxylic acids is 1. The van der Waals surface area contributed by atoms with Gasteiger partial charge >= 0.3 is 5.97 Å². The maximum atomic E-state index is 12.9. The third-order valence-electron chi connectivity index (χ3n) is 7.34. The van der Waals surface area contributed by atoms with Crippen molar-refractivity contribution >= 4 is 28.5 Å². The third-order valence-corrected chi connectivity index (χ3v) is 7.34. The minimum atomic E-state index is -0.910. The number of hydrogen-bond acceptors (Lipinski definition) is 4. The van der Waals surface area contributed by atoms with Crippen molar-refractivity contribution < 1.29 is 19.6 Å². The Labute approximate surface area is 237 Å². The van der Waals surface area contributed by atoms with Crippen molar-refractivity contribution in [3.63, 3.8) is 0 Å². The lowest BCUT2D eigenvalue weighted by Crippen LogP contribution is -2.26. The smallest absolute Gasteiger partial charge is 0.335 e. The first-order valence-electron chi connectivity index (χ1n) is 13.3. The predicted molar refractivity (Wildman–Crippen MR) is 158 cm³/mol. The highest BCUT2D eigenvalue weighted by atomic mass is 16.6.